The van der Waals surface area contributed by atoms with E-state index in [1.54, 1.807) is 32.2 Å². The first kappa shape index (κ1) is 17.6. The predicted octanol–water partition coefficient (Wildman–Crippen LogP) is 2.13. The van der Waals surface area contributed by atoms with Crippen molar-refractivity contribution < 1.29 is 18.4 Å². The summed E-state index contributed by atoms with van der Waals surface area (Å²) in [5.74, 6) is 0.831. The molecule has 1 aromatic carbocycles. The molecule has 0 spiro atoms. The van der Waals surface area contributed by atoms with Crippen LogP contribution in [0.15, 0.2) is 34.9 Å². The molecule has 0 aliphatic heterocycles. The highest BCUT2D eigenvalue weighted by Gasteiger charge is 2.16. The van der Waals surface area contributed by atoms with Crippen LogP contribution in [0.3, 0.4) is 0 Å². The number of aromatic amines is 1. The second-order valence-electron chi connectivity index (χ2n) is 5.73. The third-order valence-corrected chi connectivity index (χ3v) is 3.63. The topological polar surface area (TPSA) is 97.1 Å². The minimum Gasteiger partial charge on any atom is -0.487 e. The number of benzene rings is 1. The molecule has 3 aromatic rings. The number of hydrogen-bond acceptors (Lipinski definition) is 6. The van der Waals surface area contributed by atoms with E-state index in [2.05, 4.69) is 20.3 Å². The monoisotopic (exact) mass is 359 g/mol. The lowest BCUT2D eigenvalue weighted by atomic mass is 10.3. The van der Waals surface area contributed by atoms with Gasteiger partial charge in [0.1, 0.15) is 18.2 Å². The first-order valence-corrected chi connectivity index (χ1v) is 7.98. The summed E-state index contributed by atoms with van der Waals surface area (Å²) in [5, 5.41) is 10.5. The average molecular weight is 359 g/mol. The Morgan fingerprint density at radius 2 is 2.23 bits per heavy atom. The molecule has 8 nitrogen and oxygen atoms in total. The van der Waals surface area contributed by atoms with E-state index in [0.29, 0.717) is 36.1 Å². The molecule has 1 amide bonds. The van der Waals surface area contributed by atoms with Gasteiger partial charge in [-0.1, -0.05) is 11.2 Å². The molecule has 0 atom stereocenters. The van der Waals surface area contributed by atoms with Crippen molar-refractivity contribution in [2.24, 2.45) is 0 Å². The number of aromatic nitrogens is 4. The zero-order chi connectivity index (χ0) is 18.5. The molecular weight excluding hydrogens is 341 g/mol. The zero-order valence-electron chi connectivity index (χ0n) is 14.4. The van der Waals surface area contributed by atoms with Crippen LogP contribution in [0.1, 0.15) is 27.9 Å². The second-order valence-corrected chi connectivity index (χ2v) is 5.73. The van der Waals surface area contributed by atoms with E-state index >= 15 is 0 Å². The van der Waals surface area contributed by atoms with Gasteiger partial charge < -0.3 is 14.2 Å². The number of likely N-dealkylation sites (N-methyl/N-ethyl adjacent to an activating group) is 1. The molecule has 2 heterocycles. The van der Waals surface area contributed by atoms with Gasteiger partial charge in [-0.25, -0.2) is 4.39 Å². The van der Waals surface area contributed by atoms with Crippen molar-refractivity contribution in [1.82, 2.24) is 25.2 Å². The molecular formula is C17H18FN5O3. The zero-order valence-corrected chi connectivity index (χ0v) is 14.4. The number of amides is 1. The van der Waals surface area contributed by atoms with Crippen LogP contribution in [0.25, 0.3) is 0 Å². The van der Waals surface area contributed by atoms with Gasteiger partial charge in [0.05, 0.1) is 5.69 Å². The van der Waals surface area contributed by atoms with Gasteiger partial charge in [0.25, 0.3) is 5.91 Å². The second kappa shape index (κ2) is 7.77. The maximum Gasteiger partial charge on any atom is 0.274 e. The molecule has 0 aliphatic rings. The first-order chi connectivity index (χ1) is 12.5. The number of ether oxygens (including phenoxy) is 1. The highest BCUT2D eigenvalue weighted by Crippen LogP contribution is 2.14. The van der Waals surface area contributed by atoms with Crippen LogP contribution in [-0.4, -0.2) is 44.7 Å². The fourth-order valence-electron chi connectivity index (χ4n) is 2.27. The van der Waals surface area contributed by atoms with E-state index in [4.69, 9.17) is 9.26 Å². The van der Waals surface area contributed by atoms with Crippen LogP contribution in [0, 0.1) is 12.7 Å². The van der Waals surface area contributed by atoms with E-state index in [0.717, 1.165) is 0 Å². The van der Waals surface area contributed by atoms with E-state index in [1.807, 2.05) is 0 Å². The Balaban J connectivity index is 1.53. The lowest BCUT2D eigenvalue weighted by Crippen LogP contribution is -2.29. The maximum absolute atomic E-state index is 13.1. The Morgan fingerprint density at radius 3 is 2.96 bits per heavy atom. The molecule has 0 radical (unpaired) electrons. The maximum atomic E-state index is 13.1. The number of rotatable bonds is 7. The average Bonchev–Trinajstić information content (AvgIpc) is 3.26. The molecule has 0 unspecified atom stereocenters. The molecule has 2 aromatic heterocycles. The number of carbonyl (C=O) groups is 1. The van der Waals surface area contributed by atoms with Crippen molar-refractivity contribution in [2.45, 2.75) is 20.0 Å². The summed E-state index contributed by atoms with van der Waals surface area (Å²) in [6, 6.07) is 7.45. The fraction of sp³-hybridized carbons (Fsp3) is 0.294. The van der Waals surface area contributed by atoms with E-state index in [1.165, 1.54) is 17.0 Å². The fourth-order valence-corrected chi connectivity index (χ4v) is 2.27. The van der Waals surface area contributed by atoms with Crippen LogP contribution in [0.4, 0.5) is 4.39 Å². The number of halogens is 1. The number of carbonyl (C=O) groups excluding carboxylic acids is 1. The van der Waals surface area contributed by atoms with Crippen molar-refractivity contribution in [1.29, 1.82) is 0 Å². The number of aryl methyl sites for hydroxylation is 1. The quantitative estimate of drug-likeness (QED) is 0.694. The van der Waals surface area contributed by atoms with Gasteiger partial charge >= 0.3 is 0 Å². The lowest BCUT2D eigenvalue weighted by molar-refractivity contribution is 0.0790. The summed E-state index contributed by atoms with van der Waals surface area (Å²) < 4.78 is 23.5. The van der Waals surface area contributed by atoms with Gasteiger partial charge in [-0.05, 0) is 18.2 Å². The van der Waals surface area contributed by atoms with Gasteiger partial charge in [0.15, 0.2) is 11.5 Å². The SMILES string of the molecule is Cc1nc(CCN(C)C(=O)c2cc(COc3cccc(F)c3)[nH]n2)no1. The van der Waals surface area contributed by atoms with E-state index in [9.17, 15) is 9.18 Å². The highest BCUT2D eigenvalue weighted by molar-refractivity contribution is 5.92. The van der Waals surface area contributed by atoms with Gasteiger partial charge in [-0.15, -0.1) is 0 Å². The standard InChI is InChI=1S/C17H18FN5O3/c1-11-19-16(22-26-11)6-7-23(2)17(24)15-9-13(20-21-15)10-25-14-5-3-4-12(18)8-14/h3-5,8-9H,6-7,10H2,1-2H3,(H,20,21). The molecule has 0 saturated heterocycles. The molecule has 0 bridgehead atoms. The van der Waals surface area contributed by atoms with Crippen LogP contribution in [-0.2, 0) is 13.0 Å². The normalized spacial score (nSPS) is 10.7. The third kappa shape index (κ3) is 4.44. The molecule has 0 saturated carbocycles. The molecule has 26 heavy (non-hydrogen) atoms. The minimum absolute atomic E-state index is 0.148. The summed E-state index contributed by atoms with van der Waals surface area (Å²) in [7, 11) is 1.67. The third-order valence-electron chi connectivity index (χ3n) is 3.63. The highest BCUT2D eigenvalue weighted by atomic mass is 19.1. The molecule has 3 rings (SSSR count). The van der Waals surface area contributed by atoms with Gasteiger partial charge in [-0.3, -0.25) is 9.89 Å². The lowest BCUT2D eigenvalue weighted by Gasteiger charge is -2.14. The minimum atomic E-state index is -0.374. The van der Waals surface area contributed by atoms with Gasteiger partial charge in [0, 0.05) is 33.0 Å². The molecule has 9 heteroatoms. The number of nitrogens with one attached hydrogen (secondary N) is 1. The Kier molecular flexibility index (Phi) is 5.26. The molecule has 1 N–H and O–H groups in total. The molecule has 0 fully saturated rings. The van der Waals surface area contributed by atoms with Crippen LogP contribution < -0.4 is 4.74 Å². The largest absolute Gasteiger partial charge is 0.487 e. The number of hydrogen-bond donors (Lipinski definition) is 1. The Bertz CT molecular complexity index is 892. The first-order valence-electron chi connectivity index (χ1n) is 7.98. The van der Waals surface area contributed by atoms with Crippen LogP contribution in [0.2, 0.25) is 0 Å². The van der Waals surface area contributed by atoms with Crippen molar-refractivity contribution in [3.05, 3.63) is 59.3 Å². The van der Waals surface area contributed by atoms with Crippen molar-refractivity contribution in [3.8, 4) is 5.75 Å². The smallest absolute Gasteiger partial charge is 0.274 e. The summed E-state index contributed by atoms with van der Waals surface area (Å²) in [6.07, 6.45) is 0.486. The summed E-state index contributed by atoms with van der Waals surface area (Å²) in [4.78, 5) is 18.0. The van der Waals surface area contributed by atoms with Crippen LogP contribution >= 0.6 is 0 Å². The summed E-state index contributed by atoms with van der Waals surface area (Å²) >= 11 is 0. The van der Waals surface area contributed by atoms with E-state index < -0.39 is 0 Å². The van der Waals surface area contributed by atoms with Gasteiger partial charge in [0.2, 0.25) is 5.89 Å². The van der Waals surface area contributed by atoms with Crippen molar-refractivity contribution in [3.63, 3.8) is 0 Å². The Morgan fingerprint density at radius 1 is 1.38 bits per heavy atom. The molecule has 136 valence electrons. The summed E-state index contributed by atoms with van der Waals surface area (Å²) in [5.41, 5.74) is 0.884. The molecule has 0 aliphatic carbocycles. The van der Waals surface area contributed by atoms with Crippen molar-refractivity contribution >= 4 is 5.91 Å². The Labute approximate surface area is 149 Å². The van der Waals surface area contributed by atoms with Crippen molar-refractivity contribution in [2.75, 3.05) is 13.6 Å². The van der Waals surface area contributed by atoms with Crippen LogP contribution in [0.5, 0.6) is 5.75 Å². The number of H-pyrrole nitrogens is 1. The van der Waals surface area contributed by atoms with E-state index in [-0.39, 0.29) is 24.0 Å². The predicted molar refractivity (Wildman–Crippen MR) is 89.0 cm³/mol. The Hall–Kier alpha value is -3.23. The van der Waals surface area contributed by atoms with Gasteiger partial charge in [-0.2, -0.15) is 10.1 Å². The summed E-state index contributed by atoms with van der Waals surface area (Å²) in [6.45, 7) is 2.29. The number of nitrogens with zero attached hydrogens (tertiary/aromatic N) is 4.